The molecule has 0 aromatic carbocycles. The Labute approximate surface area is 189 Å². The van der Waals surface area contributed by atoms with Crippen LogP contribution in [0.2, 0.25) is 0 Å². The monoisotopic (exact) mass is 428 g/mol. The zero-order chi connectivity index (χ0) is 22.2. The fourth-order valence-corrected chi connectivity index (χ4v) is 8.71. The molecule has 0 aromatic heterocycles. The second kappa shape index (κ2) is 7.18. The highest BCUT2D eigenvalue weighted by atomic mass is 17.2. The van der Waals surface area contributed by atoms with E-state index in [0.29, 0.717) is 41.9 Å². The molecule has 10 atom stereocenters. The Bertz CT molecular complexity index is 772. The number of aliphatic hydroxyl groups excluding tert-OH is 1. The number of rotatable bonds is 4. The van der Waals surface area contributed by atoms with E-state index in [1.807, 2.05) is 0 Å². The van der Waals surface area contributed by atoms with Crippen molar-refractivity contribution in [1.29, 1.82) is 0 Å². The minimum absolute atomic E-state index is 0.0663. The molecule has 6 unspecified atom stereocenters. The molecule has 0 radical (unpaired) electrons. The lowest BCUT2D eigenvalue weighted by Crippen LogP contribution is -2.73. The summed E-state index contributed by atoms with van der Waals surface area (Å²) in [6.07, 6.45) is 17.0. The van der Waals surface area contributed by atoms with Crippen LogP contribution >= 0.6 is 0 Å². The van der Waals surface area contributed by atoms with Crippen molar-refractivity contribution >= 4 is 0 Å². The van der Waals surface area contributed by atoms with Gasteiger partial charge in [0.1, 0.15) is 11.2 Å². The lowest BCUT2D eigenvalue weighted by Gasteiger charge is -2.69. The Balaban J connectivity index is 1.45. The van der Waals surface area contributed by atoms with Crippen molar-refractivity contribution in [3.05, 3.63) is 24.3 Å². The van der Waals surface area contributed by atoms with Gasteiger partial charge < -0.3 is 5.11 Å². The molecular formula is C28H44O3. The lowest BCUT2D eigenvalue weighted by molar-refractivity contribution is -0.497. The maximum absolute atomic E-state index is 10.4. The van der Waals surface area contributed by atoms with Gasteiger partial charge in [-0.25, -0.2) is 9.78 Å². The summed E-state index contributed by atoms with van der Waals surface area (Å²) in [6.45, 7) is 14.4. The van der Waals surface area contributed by atoms with Gasteiger partial charge in [0.2, 0.25) is 0 Å². The summed E-state index contributed by atoms with van der Waals surface area (Å²) in [4.78, 5) is 12.8. The average Bonchev–Trinajstić information content (AvgIpc) is 3.09. The average molecular weight is 429 g/mol. The first-order valence-corrected chi connectivity index (χ1v) is 13.0. The predicted molar refractivity (Wildman–Crippen MR) is 124 cm³/mol. The minimum Gasteiger partial charge on any atom is -0.393 e. The number of fused-ring (bicyclic) bond motifs is 2. The molecule has 3 saturated carbocycles. The third kappa shape index (κ3) is 2.88. The smallest absolute Gasteiger partial charge is 0.130 e. The molecule has 4 aliphatic carbocycles. The van der Waals surface area contributed by atoms with Crippen LogP contribution in [-0.2, 0) is 9.78 Å². The molecule has 1 N–H and O–H groups in total. The summed E-state index contributed by atoms with van der Waals surface area (Å²) in [7, 11) is 0. The summed E-state index contributed by atoms with van der Waals surface area (Å²) in [6, 6.07) is 0. The van der Waals surface area contributed by atoms with Crippen LogP contribution < -0.4 is 0 Å². The quantitative estimate of drug-likeness (QED) is 0.412. The fourth-order valence-electron chi connectivity index (χ4n) is 8.71. The molecule has 0 aromatic rings. The van der Waals surface area contributed by atoms with Gasteiger partial charge in [0.05, 0.1) is 6.10 Å². The van der Waals surface area contributed by atoms with Crippen LogP contribution in [0.4, 0.5) is 0 Å². The van der Waals surface area contributed by atoms with Gasteiger partial charge in [0, 0.05) is 23.7 Å². The van der Waals surface area contributed by atoms with Gasteiger partial charge in [0.15, 0.2) is 0 Å². The molecule has 31 heavy (non-hydrogen) atoms. The predicted octanol–water partition coefficient (Wildman–Crippen LogP) is 6.47. The van der Waals surface area contributed by atoms with E-state index in [0.717, 1.165) is 12.8 Å². The number of hydrogen-bond acceptors (Lipinski definition) is 3. The van der Waals surface area contributed by atoms with E-state index in [2.05, 4.69) is 65.8 Å². The Kier molecular flexibility index (Phi) is 5.13. The second-order valence-corrected chi connectivity index (χ2v) is 12.7. The van der Waals surface area contributed by atoms with E-state index < -0.39 is 5.60 Å². The Morgan fingerprint density at radius 2 is 1.68 bits per heavy atom. The lowest BCUT2D eigenvalue weighted by atomic mass is 9.43. The third-order valence-electron chi connectivity index (χ3n) is 11.1. The van der Waals surface area contributed by atoms with Crippen LogP contribution in [0, 0.1) is 46.3 Å². The molecule has 6 rings (SSSR count). The van der Waals surface area contributed by atoms with Crippen LogP contribution in [0.15, 0.2) is 24.3 Å². The highest BCUT2D eigenvalue weighted by Gasteiger charge is 2.74. The van der Waals surface area contributed by atoms with Gasteiger partial charge in [-0.1, -0.05) is 59.8 Å². The van der Waals surface area contributed by atoms with Crippen LogP contribution in [0.25, 0.3) is 0 Å². The van der Waals surface area contributed by atoms with Crippen molar-refractivity contribution in [2.24, 2.45) is 46.3 Å². The maximum Gasteiger partial charge on any atom is 0.130 e. The number of aliphatic hydroxyl groups is 1. The SMILES string of the molecule is CC(C)[C@@H](C)/C=C/[C@@H](C)C1CCC2C1(C)CCC1C3(C)CCC(O)C[C@]34C=C[C@]21OO4. The largest absolute Gasteiger partial charge is 0.393 e. The molecule has 2 bridgehead atoms. The minimum atomic E-state index is -0.439. The van der Waals surface area contributed by atoms with E-state index in [1.54, 1.807) is 0 Å². The topological polar surface area (TPSA) is 38.7 Å². The molecule has 1 saturated heterocycles. The van der Waals surface area contributed by atoms with Crippen molar-refractivity contribution in [2.45, 2.75) is 104 Å². The van der Waals surface area contributed by atoms with E-state index in [4.69, 9.17) is 9.78 Å². The number of allylic oxidation sites excluding steroid dienone is 2. The van der Waals surface area contributed by atoms with E-state index in [9.17, 15) is 5.11 Å². The molecular weight excluding hydrogens is 384 g/mol. The van der Waals surface area contributed by atoms with Crippen molar-refractivity contribution in [3.8, 4) is 0 Å². The van der Waals surface area contributed by atoms with Gasteiger partial charge in [-0.3, -0.25) is 0 Å². The van der Waals surface area contributed by atoms with Crippen LogP contribution in [0.1, 0.15) is 86.5 Å². The molecule has 2 spiro atoms. The van der Waals surface area contributed by atoms with Crippen LogP contribution in [-0.4, -0.2) is 22.4 Å². The van der Waals surface area contributed by atoms with Crippen LogP contribution in [0.3, 0.4) is 0 Å². The van der Waals surface area contributed by atoms with Gasteiger partial charge in [0.25, 0.3) is 0 Å². The van der Waals surface area contributed by atoms with Crippen molar-refractivity contribution in [3.63, 3.8) is 0 Å². The Hall–Kier alpha value is -0.640. The Morgan fingerprint density at radius 3 is 2.35 bits per heavy atom. The highest BCUT2D eigenvalue weighted by molar-refractivity contribution is 5.33. The molecule has 2 heterocycles. The second-order valence-electron chi connectivity index (χ2n) is 12.7. The normalized spacial score (nSPS) is 52.8. The van der Waals surface area contributed by atoms with Crippen molar-refractivity contribution in [2.75, 3.05) is 0 Å². The van der Waals surface area contributed by atoms with E-state index in [1.165, 1.54) is 25.7 Å². The van der Waals surface area contributed by atoms with E-state index in [-0.39, 0.29) is 22.5 Å². The van der Waals surface area contributed by atoms with Gasteiger partial charge >= 0.3 is 0 Å². The Morgan fingerprint density at radius 1 is 0.903 bits per heavy atom. The number of hydrogen-bond donors (Lipinski definition) is 1. The summed E-state index contributed by atoms with van der Waals surface area (Å²) in [5.41, 5.74) is -0.366. The zero-order valence-corrected chi connectivity index (χ0v) is 20.6. The summed E-state index contributed by atoms with van der Waals surface area (Å²) in [5, 5.41) is 10.4. The standard InChI is InChI=1S/C28H44O3/c1-18(2)19(3)7-8-20(4)22-9-10-23-25(22,5)13-12-24-26(6)14-11-21(29)17-27(26)15-16-28(23,24)31-30-27/h7-8,15-16,18-24,29H,9-14,17H2,1-6H3/b8-7+/t19-,20+,21?,22?,23?,24?,25?,26?,27+,28-/m0/s1. The maximum atomic E-state index is 10.4. The van der Waals surface area contributed by atoms with Crippen molar-refractivity contribution in [1.82, 2.24) is 0 Å². The molecule has 4 fully saturated rings. The van der Waals surface area contributed by atoms with Gasteiger partial charge in [-0.15, -0.1) is 0 Å². The molecule has 6 aliphatic rings. The first kappa shape index (κ1) is 22.2. The summed E-state index contributed by atoms with van der Waals surface area (Å²) in [5.74, 6) is 3.64. The van der Waals surface area contributed by atoms with E-state index >= 15 is 0 Å². The van der Waals surface area contributed by atoms with Crippen LogP contribution in [0.5, 0.6) is 0 Å². The summed E-state index contributed by atoms with van der Waals surface area (Å²) < 4.78 is 0. The fraction of sp³-hybridized carbons (Fsp3) is 0.857. The van der Waals surface area contributed by atoms with Gasteiger partial charge in [-0.05, 0) is 73.7 Å². The third-order valence-corrected chi connectivity index (χ3v) is 11.1. The molecule has 3 nitrogen and oxygen atoms in total. The first-order chi connectivity index (χ1) is 14.6. The summed E-state index contributed by atoms with van der Waals surface area (Å²) >= 11 is 0. The zero-order valence-electron chi connectivity index (χ0n) is 20.6. The molecule has 0 amide bonds. The molecule has 3 heteroatoms. The van der Waals surface area contributed by atoms with Crippen molar-refractivity contribution < 1.29 is 14.9 Å². The molecule has 2 aliphatic heterocycles. The highest BCUT2D eigenvalue weighted by Crippen LogP contribution is 2.72. The van der Waals surface area contributed by atoms with Gasteiger partial charge in [-0.2, -0.15) is 0 Å². The molecule has 174 valence electrons. The first-order valence-electron chi connectivity index (χ1n) is 13.0.